The van der Waals surface area contributed by atoms with Gasteiger partial charge in [0.05, 0.1) is 12.7 Å². The van der Waals surface area contributed by atoms with Gasteiger partial charge in [-0.05, 0) is 25.3 Å². The molecule has 0 aliphatic carbocycles. The fourth-order valence-corrected chi connectivity index (χ4v) is 0.886. The minimum atomic E-state index is -0.890. The van der Waals surface area contributed by atoms with Gasteiger partial charge in [-0.1, -0.05) is 26.2 Å². The van der Waals surface area contributed by atoms with Gasteiger partial charge in [0.1, 0.15) is 0 Å². The second-order valence-corrected chi connectivity index (χ2v) is 3.45. The first-order valence-electron chi connectivity index (χ1n) is 5.33. The summed E-state index contributed by atoms with van der Waals surface area (Å²) in [6.07, 6.45) is 3.17. The fraction of sp³-hybridized carbons (Fsp3) is 0.900. The highest BCUT2D eigenvalue weighted by atomic mass is 17.5. The van der Waals surface area contributed by atoms with Crippen LogP contribution in [0.25, 0.3) is 0 Å². The number of carbonyl (C=O) groups is 1. The zero-order valence-electron chi connectivity index (χ0n) is 9.65. The second kappa shape index (κ2) is 9.73. The summed E-state index contributed by atoms with van der Waals surface area (Å²) in [6, 6.07) is 0. The SMILES string of the molecule is CCCCCCOOOC(=O)OC(C)C. The summed E-state index contributed by atoms with van der Waals surface area (Å²) in [4.78, 5) is 19.5. The first kappa shape index (κ1) is 14.2. The Hall–Kier alpha value is -0.810. The van der Waals surface area contributed by atoms with Crippen molar-refractivity contribution >= 4 is 6.16 Å². The molecule has 90 valence electrons. The lowest BCUT2D eigenvalue weighted by Crippen LogP contribution is -2.13. The van der Waals surface area contributed by atoms with E-state index in [1.54, 1.807) is 13.8 Å². The lowest BCUT2D eigenvalue weighted by atomic mass is 10.2. The maximum Gasteiger partial charge on any atom is 0.542 e. The van der Waals surface area contributed by atoms with E-state index < -0.39 is 6.16 Å². The Bertz CT molecular complexity index is 158. The molecule has 0 N–H and O–H groups in total. The number of carbonyl (C=O) groups excluding carboxylic acids is 1. The Balaban J connectivity index is 3.13. The molecule has 0 aromatic carbocycles. The highest BCUT2D eigenvalue weighted by Crippen LogP contribution is 2.00. The molecule has 0 aromatic rings. The highest BCUT2D eigenvalue weighted by molar-refractivity contribution is 5.59. The lowest BCUT2D eigenvalue weighted by Gasteiger charge is -2.06. The molecule has 0 radical (unpaired) electrons. The molecule has 0 saturated carbocycles. The Morgan fingerprint density at radius 2 is 1.93 bits per heavy atom. The lowest BCUT2D eigenvalue weighted by molar-refractivity contribution is -0.486. The van der Waals surface area contributed by atoms with Crippen LogP contribution in [0.3, 0.4) is 0 Å². The normalized spacial score (nSPS) is 10.4. The van der Waals surface area contributed by atoms with Gasteiger partial charge in [0, 0.05) is 0 Å². The third-order valence-corrected chi connectivity index (χ3v) is 1.56. The molecule has 0 rings (SSSR count). The molecular formula is C10H20O5. The van der Waals surface area contributed by atoms with E-state index in [9.17, 15) is 4.79 Å². The van der Waals surface area contributed by atoms with Crippen LogP contribution in [0.15, 0.2) is 0 Å². The van der Waals surface area contributed by atoms with Gasteiger partial charge in [-0.2, -0.15) is 4.89 Å². The van der Waals surface area contributed by atoms with Gasteiger partial charge in [-0.15, -0.1) is 0 Å². The van der Waals surface area contributed by atoms with Crippen molar-refractivity contribution in [2.45, 2.75) is 52.6 Å². The van der Waals surface area contributed by atoms with E-state index in [0.29, 0.717) is 6.61 Å². The van der Waals surface area contributed by atoms with Gasteiger partial charge >= 0.3 is 6.16 Å². The first-order valence-corrected chi connectivity index (χ1v) is 5.33. The predicted octanol–water partition coefficient (Wildman–Crippen LogP) is 2.99. The van der Waals surface area contributed by atoms with Crippen LogP contribution in [0.1, 0.15) is 46.5 Å². The fourth-order valence-electron chi connectivity index (χ4n) is 0.886. The minimum absolute atomic E-state index is 0.231. The highest BCUT2D eigenvalue weighted by Gasteiger charge is 2.07. The van der Waals surface area contributed by atoms with Crippen molar-refractivity contribution in [2.75, 3.05) is 6.61 Å². The quantitative estimate of drug-likeness (QED) is 0.272. The molecule has 0 heterocycles. The standard InChI is InChI=1S/C10H20O5/c1-4-5-6-7-8-12-15-14-10(11)13-9(2)3/h9H,4-8H2,1-3H3. The third kappa shape index (κ3) is 11.1. The van der Waals surface area contributed by atoms with Crippen LogP contribution < -0.4 is 0 Å². The summed E-state index contributed by atoms with van der Waals surface area (Å²) in [5, 5.41) is 4.20. The van der Waals surface area contributed by atoms with Gasteiger partial charge in [-0.3, -0.25) is 0 Å². The van der Waals surface area contributed by atoms with E-state index in [-0.39, 0.29) is 6.10 Å². The van der Waals surface area contributed by atoms with Gasteiger partial charge in [0.25, 0.3) is 0 Å². The summed E-state index contributed by atoms with van der Waals surface area (Å²) < 4.78 is 4.63. The van der Waals surface area contributed by atoms with Crippen molar-refractivity contribution in [3.63, 3.8) is 0 Å². The van der Waals surface area contributed by atoms with Crippen LogP contribution in [0.2, 0.25) is 0 Å². The van der Waals surface area contributed by atoms with Crippen LogP contribution in [-0.4, -0.2) is 18.9 Å². The van der Waals surface area contributed by atoms with Gasteiger partial charge in [0.15, 0.2) is 0 Å². The van der Waals surface area contributed by atoms with Crippen molar-refractivity contribution in [1.29, 1.82) is 0 Å². The smallest absolute Gasteiger partial charge is 0.430 e. The summed E-state index contributed by atoms with van der Waals surface area (Å²) in [6.45, 7) is 5.97. The van der Waals surface area contributed by atoms with Crippen molar-refractivity contribution in [3.8, 4) is 0 Å². The molecule has 0 bridgehead atoms. The summed E-state index contributed by atoms with van der Waals surface area (Å²) >= 11 is 0. The first-order chi connectivity index (χ1) is 7.16. The van der Waals surface area contributed by atoms with Crippen LogP contribution in [0.4, 0.5) is 4.79 Å². The minimum Gasteiger partial charge on any atom is -0.430 e. The molecular weight excluding hydrogens is 200 g/mol. The van der Waals surface area contributed by atoms with Gasteiger partial charge in [0.2, 0.25) is 0 Å². The number of hydrogen-bond acceptors (Lipinski definition) is 5. The molecule has 0 aliphatic rings. The van der Waals surface area contributed by atoms with Crippen molar-refractivity contribution in [2.24, 2.45) is 0 Å². The van der Waals surface area contributed by atoms with E-state index in [0.717, 1.165) is 19.3 Å². The van der Waals surface area contributed by atoms with Crippen molar-refractivity contribution in [1.82, 2.24) is 0 Å². The van der Waals surface area contributed by atoms with E-state index in [1.807, 2.05) is 0 Å². The molecule has 0 amide bonds. The van der Waals surface area contributed by atoms with Crippen LogP contribution in [0, 0.1) is 0 Å². The average Bonchev–Trinajstić information content (AvgIpc) is 2.15. The maximum absolute atomic E-state index is 10.7. The molecule has 0 spiro atoms. The topological polar surface area (TPSA) is 54.0 Å². The van der Waals surface area contributed by atoms with E-state index in [2.05, 4.69) is 26.5 Å². The molecule has 5 nitrogen and oxygen atoms in total. The average molecular weight is 220 g/mol. The number of unbranched alkanes of at least 4 members (excludes halogenated alkanes) is 3. The second-order valence-electron chi connectivity index (χ2n) is 3.45. The molecule has 0 unspecified atom stereocenters. The van der Waals surface area contributed by atoms with E-state index >= 15 is 0 Å². The predicted molar refractivity (Wildman–Crippen MR) is 53.9 cm³/mol. The number of hydrogen-bond donors (Lipinski definition) is 0. The maximum atomic E-state index is 10.7. The van der Waals surface area contributed by atoms with E-state index in [1.165, 1.54) is 6.42 Å². The van der Waals surface area contributed by atoms with Crippen LogP contribution >= 0.6 is 0 Å². The Kier molecular flexibility index (Phi) is 9.21. The number of ether oxygens (including phenoxy) is 1. The van der Waals surface area contributed by atoms with Crippen LogP contribution in [0.5, 0.6) is 0 Å². The molecule has 5 heteroatoms. The Morgan fingerprint density at radius 1 is 1.20 bits per heavy atom. The van der Waals surface area contributed by atoms with Crippen LogP contribution in [-0.2, 0) is 19.6 Å². The van der Waals surface area contributed by atoms with Gasteiger partial charge < -0.3 is 4.74 Å². The van der Waals surface area contributed by atoms with Crippen molar-refractivity contribution in [3.05, 3.63) is 0 Å². The summed E-state index contributed by atoms with van der Waals surface area (Å²) in [5.41, 5.74) is 0. The molecule has 0 aromatic heterocycles. The molecule has 0 aliphatic heterocycles. The molecule has 15 heavy (non-hydrogen) atoms. The van der Waals surface area contributed by atoms with Gasteiger partial charge in [-0.25, -0.2) is 9.68 Å². The largest absolute Gasteiger partial charge is 0.542 e. The summed E-state index contributed by atoms with van der Waals surface area (Å²) in [7, 11) is 0. The van der Waals surface area contributed by atoms with Crippen molar-refractivity contribution < 1.29 is 24.3 Å². The molecule has 0 saturated heterocycles. The third-order valence-electron chi connectivity index (χ3n) is 1.56. The zero-order valence-corrected chi connectivity index (χ0v) is 9.65. The summed E-state index contributed by atoms with van der Waals surface area (Å²) in [5.74, 6) is 0. The monoisotopic (exact) mass is 220 g/mol. The Morgan fingerprint density at radius 3 is 2.53 bits per heavy atom. The molecule has 0 fully saturated rings. The number of rotatable bonds is 8. The Labute approximate surface area is 90.5 Å². The zero-order chi connectivity index (χ0) is 11.5. The molecule has 0 atom stereocenters. The van der Waals surface area contributed by atoms with E-state index in [4.69, 9.17) is 0 Å².